The lowest BCUT2D eigenvalue weighted by molar-refractivity contribution is 0.401. The first-order valence-corrected chi connectivity index (χ1v) is 6.74. The van der Waals surface area contributed by atoms with Gasteiger partial charge in [0, 0.05) is 16.6 Å². The highest BCUT2D eigenvalue weighted by Gasteiger charge is 2.13. The fourth-order valence-electron chi connectivity index (χ4n) is 2.20. The molecule has 0 fully saturated rings. The first kappa shape index (κ1) is 13.8. The van der Waals surface area contributed by atoms with E-state index in [9.17, 15) is 4.39 Å². The van der Waals surface area contributed by atoms with Crippen LogP contribution in [0.25, 0.3) is 22.2 Å². The van der Waals surface area contributed by atoms with E-state index in [0.717, 1.165) is 22.2 Å². The van der Waals surface area contributed by atoms with E-state index < -0.39 is 0 Å². The topological polar surface area (TPSA) is 35.0 Å². The zero-order chi connectivity index (χ0) is 15.0. The summed E-state index contributed by atoms with van der Waals surface area (Å²) in [6.07, 6.45) is 0. The number of nitrogens with zero attached hydrogens (tertiary/aromatic N) is 2. The summed E-state index contributed by atoms with van der Waals surface area (Å²) >= 11 is 6.26. The smallest absolute Gasteiger partial charge is 0.223 e. The predicted molar refractivity (Wildman–Crippen MR) is 81.2 cm³/mol. The van der Waals surface area contributed by atoms with E-state index in [-0.39, 0.29) is 5.82 Å². The Morgan fingerprint density at radius 3 is 2.48 bits per heavy atom. The summed E-state index contributed by atoms with van der Waals surface area (Å²) in [6, 6.07) is 9.80. The molecule has 2 heterocycles. The number of halogens is 2. The second-order valence-electron chi connectivity index (χ2n) is 4.67. The Labute approximate surface area is 126 Å². The molecule has 0 saturated carbocycles. The Morgan fingerprint density at radius 2 is 1.81 bits per heavy atom. The van der Waals surface area contributed by atoms with Gasteiger partial charge in [0.1, 0.15) is 5.82 Å². The molecule has 0 aliphatic heterocycles. The third kappa shape index (κ3) is 2.54. The number of methoxy groups -OCH3 is 1. The molecule has 0 amide bonds. The van der Waals surface area contributed by atoms with Crippen molar-refractivity contribution in [3.05, 3.63) is 52.9 Å². The van der Waals surface area contributed by atoms with Crippen molar-refractivity contribution in [1.29, 1.82) is 0 Å². The van der Waals surface area contributed by atoms with Gasteiger partial charge in [0.2, 0.25) is 5.88 Å². The quantitative estimate of drug-likeness (QED) is 0.703. The van der Waals surface area contributed by atoms with Crippen LogP contribution in [0.5, 0.6) is 5.88 Å². The molecule has 21 heavy (non-hydrogen) atoms. The largest absolute Gasteiger partial charge is 0.480 e. The Hall–Kier alpha value is -2.20. The van der Waals surface area contributed by atoms with Crippen LogP contribution < -0.4 is 4.74 Å². The lowest BCUT2D eigenvalue weighted by Gasteiger charge is -2.10. The van der Waals surface area contributed by atoms with Crippen molar-refractivity contribution in [2.24, 2.45) is 0 Å². The lowest BCUT2D eigenvalue weighted by Crippen LogP contribution is -1.96. The molecule has 0 radical (unpaired) electrons. The Kier molecular flexibility index (Phi) is 3.47. The van der Waals surface area contributed by atoms with Crippen molar-refractivity contribution in [1.82, 2.24) is 9.97 Å². The predicted octanol–water partition coefficient (Wildman–Crippen LogP) is 4.41. The molecule has 0 saturated heterocycles. The van der Waals surface area contributed by atoms with E-state index in [2.05, 4.69) is 9.97 Å². The Bertz CT molecular complexity index is 819. The molecule has 0 aliphatic carbocycles. The molecule has 0 spiro atoms. The maximum atomic E-state index is 13.1. The van der Waals surface area contributed by atoms with Gasteiger partial charge in [0.25, 0.3) is 0 Å². The molecule has 0 atom stereocenters. The van der Waals surface area contributed by atoms with Crippen LogP contribution in [0.4, 0.5) is 4.39 Å². The lowest BCUT2D eigenvalue weighted by atomic mass is 10.1. The maximum absolute atomic E-state index is 13.1. The summed E-state index contributed by atoms with van der Waals surface area (Å²) < 4.78 is 18.4. The number of rotatable bonds is 2. The number of ether oxygens (including phenoxy) is 1. The molecule has 0 unspecified atom stereocenters. The van der Waals surface area contributed by atoms with Crippen LogP contribution in [-0.4, -0.2) is 17.1 Å². The summed E-state index contributed by atoms with van der Waals surface area (Å²) in [4.78, 5) is 8.76. The second-order valence-corrected chi connectivity index (χ2v) is 5.08. The van der Waals surface area contributed by atoms with E-state index in [1.807, 2.05) is 13.0 Å². The van der Waals surface area contributed by atoms with Crippen LogP contribution in [0.3, 0.4) is 0 Å². The van der Waals surface area contributed by atoms with Gasteiger partial charge in [-0.2, -0.15) is 4.98 Å². The molecule has 2 aromatic heterocycles. The first-order chi connectivity index (χ1) is 10.1. The molecule has 0 aliphatic rings. The number of pyridine rings is 2. The fourth-order valence-corrected chi connectivity index (χ4v) is 2.50. The average molecular weight is 303 g/mol. The molecule has 3 aromatic rings. The maximum Gasteiger partial charge on any atom is 0.223 e. The Morgan fingerprint density at radius 1 is 1.10 bits per heavy atom. The van der Waals surface area contributed by atoms with E-state index in [0.29, 0.717) is 16.5 Å². The van der Waals surface area contributed by atoms with E-state index >= 15 is 0 Å². The average Bonchev–Trinajstić information content (AvgIpc) is 2.47. The monoisotopic (exact) mass is 302 g/mol. The number of aromatic nitrogens is 2. The van der Waals surface area contributed by atoms with Crippen LogP contribution >= 0.6 is 11.6 Å². The fraction of sp³-hybridized carbons (Fsp3) is 0.125. The number of aryl methyl sites for hydroxylation is 1. The minimum Gasteiger partial charge on any atom is -0.480 e. The van der Waals surface area contributed by atoms with Crippen molar-refractivity contribution in [2.45, 2.75) is 6.92 Å². The van der Waals surface area contributed by atoms with Gasteiger partial charge in [0.05, 0.1) is 12.1 Å². The highest BCUT2D eigenvalue weighted by Crippen LogP contribution is 2.33. The van der Waals surface area contributed by atoms with Crippen LogP contribution in [-0.2, 0) is 0 Å². The van der Waals surface area contributed by atoms with Gasteiger partial charge < -0.3 is 4.74 Å². The summed E-state index contributed by atoms with van der Waals surface area (Å²) in [5.41, 5.74) is 2.87. The van der Waals surface area contributed by atoms with Crippen molar-refractivity contribution < 1.29 is 9.13 Å². The van der Waals surface area contributed by atoms with E-state index in [1.54, 1.807) is 25.3 Å². The molecule has 1 aromatic carbocycles. The third-order valence-electron chi connectivity index (χ3n) is 3.19. The summed E-state index contributed by atoms with van der Waals surface area (Å²) in [5.74, 6) is 0.144. The molecule has 0 N–H and O–H groups in total. The third-order valence-corrected chi connectivity index (χ3v) is 3.50. The van der Waals surface area contributed by atoms with Crippen molar-refractivity contribution in [2.75, 3.05) is 7.11 Å². The molecule has 5 heteroatoms. The van der Waals surface area contributed by atoms with Crippen LogP contribution in [0, 0.1) is 12.7 Å². The molecule has 3 rings (SSSR count). The number of hydrogen-bond acceptors (Lipinski definition) is 3. The standard InChI is InChI=1S/C16H12ClFN2O/c1-9-7-14(17)13-8-12(10-3-5-11(18)6-4-10)16(21-2)20-15(13)19-9/h3-8H,1-2H3. The highest BCUT2D eigenvalue weighted by molar-refractivity contribution is 6.35. The minimum atomic E-state index is -0.290. The van der Waals surface area contributed by atoms with Gasteiger partial charge in [-0.1, -0.05) is 23.7 Å². The van der Waals surface area contributed by atoms with Gasteiger partial charge in [-0.05, 0) is 36.8 Å². The summed E-state index contributed by atoms with van der Waals surface area (Å²) in [7, 11) is 1.54. The molecular weight excluding hydrogens is 291 g/mol. The van der Waals surface area contributed by atoms with Gasteiger partial charge in [-0.25, -0.2) is 9.37 Å². The number of hydrogen-bond donors (Lipinski definition) is 0. The number of benzene rings is 1. The summed E-state index contributed by atoms with van der Waals surface area (Å²) in [6.45, 7) is 1.85. The van der Waals surface area contributed by atoms with Gasteiger partial charge >= 0.3 is 0 Å². The zero-order valence-corrected chi connectivity index (χ0v) is 12.3. The van der Waals surface area contributed by atoms with Crippen LogP contribution in [0.1, 0.15) is 5.69 Å². The van der Waals surface area contributed by atoms with E-state index in [4.69, 9.17) is 16.3 Å². The molecular formula is C16H12ClFN2O. The number of fused-ring (bicyclic) bond motifs is 1. The molecule has 0 bridgehead atoms. The van der Waals surface area contributed by atoms with Gasteiger partial charge in [-0.15, -0.1) is 0 Å². The summed E-state index contributed by atoms with van der Waals surface area (Å²) in [5, 5.41) is 1.32. The van der Waals surface area contributed by atoms with E-state index in [1.165, 1.54) is 12.1 Å². The van der Waals surface area contributed by atoms with Crippen LogP contribution in [0.15, 0.2) is 36.4 Å². The van der Waals surface area contributed by atoms with Gasteiger partial charge in [0.15, 0.2) is 5.65 Å². The second kappa shape index (κ2) is 5.30. The minimum absolute atomic E-state index is 0.290. The SMILES string of the molecule is COc1nc2nc(C)cc(Cl)c2cc1-c1ccc(F)cc1. The Balaban J connectivity index is 2.28. The van der Waals surface area contributed by atoms with Crippen molar-refractivity contribution in [3.8, 4) is 17.0 Å². The normalized spacial score (nSPS) is 10.9. The van der Waals surface area contributed by atoms with Crippen molar-refractivity contribution in [3.63, 3.8) is 0 Å². The molecule has 3 nitrogen and oxygen atoms in total. The van der Waals surface area contributed by atoms with Crippen LogP contribution in [0.2, 0.25) is 5.02 Å². The van der Waals surface area contributed by atoms with Gasteiger partial charge in [-0.3, -0.25) is 0 Å². The van der Waals surface area contributed by atoms with Crippen molar-refractivity contribution >= 4 is 22.6 Å². The molecule has 106 valence electrons. The first-order valence-electron chi connectivity index (χ1n) is 6.36. The zero-order valence-electron chi connectivity index (χ0n) is 11.5. The highest BCUT2D eigenvalue weighted by atomic mass is 35.5.